The Bertz CT molecular complexity index is 508. The highest BCUT2D eigenvalue weighted by atomic mass is 35.5. The minimum absolute atomic E-state index is 0. The van der Waals surface area contributed by atoms with Crippen LogP contribution in [-0.4, -0.2) is 49.3 Å². The van der Waals surface area contributed by atoms with Gasteiger partial charge < -0.3 is 20.1 Å². The Morgan fingerprint density at radius 3 is 2.75 bits per heavy atom. The predicted molar refractivity (Wildman–Crippen MR) is 98.0 cm³/mol. The number of ether oxygens (including phenoxy) is 2. The number of likely N-dealkylation sites (tertiary alicyclic amines) is 1. The summed E-state index contributed by atoms with van der Waals surface area (Å²) in [5.74, 6) is 0.615. The van der Waals surface area contributed by atoms with Gasteiger partial charge in [-0.25, -0.2) is 0 Å². The van der Waals surface area contributed by atoms with Gasteiger partial charge in [0.1, 0.15) is 5.75 Å². The molecule has 1 atom stereocenters. The van der Waals surface area contributed by atoms with Gasteiger partial charge in [0.15, 0.2) is 6.10 Å². The van der Waals surface area contributed by atoms with Crippen LogP contribution in [0.25, 0.3) is 0 Å². The maximum Gasteiger partial charge on any atom is 0.263 e. The van der Waals surface area contributed by atoms with Crippen LogP contribution in [-0.2, 0) is 9.53 Å². The average molecular weight is 377 g/mol. The Hall–Kier alpha value is -1.01. The quantitative estimate of drug-likeness (QED) is 0.743. The number of hydrogen-bond acceptors (Lipinski definition) is 4. The van der Waals surface area contributed by atoms with Crippen molar-refractivity contribution >= 4 is 29.9 Å². The second kappa shape index (κ2) is 10.8. The summed E-state index contributed by atoms with van der Waals surface area (Å²) in [6, 6.07) is 7.09. The van der Waals surface area contributed by atoms with Crippen molar-refractivity contribution in [2.45, 2.75) is 38.4 Å². The summed E-state index contributed by atoms with van der Waals surface area (Å²) in [5.41, 5.74) is 5.46. The molecule has 1 heterocycles. The summed E-state index contributed by atoms with van der Waals surface area (Å²) in [7, 11) is 0. The molecular weight excluding hydrogens is 351 g/mol. The smallest absolute Gasteiger partial charge is 0.263 e. The zero-order valence-electron chi connectivity index (χ0n) is 13.9. The maximum atomic E-state index is 12.5. The third-order valence-corrected chi connectivity index (χ3v) is 4.15. The summed E-state index contributed by atoms with van der Waals surface area (Å²) < 4.78 is 11.5. The van der Waals surface area contributed by atoms with Crippen LogP contribution in [0.2, 0.25) is 5.02 Å². The molecule has 2 rings (SSSR count). The highest BCUT2D eigenvalue weighted by molar-refractivity contribution is 6.30. The van der Waals surface area contributed by atoms with Crippen LogP contribution in [0, 0.1) is 0 Å². The van der Waals surface area contributed by atoms with Crippen molar-refractivity contribution < 1.29 is 14.3 Å². The largest absolute Gasteiger partial charge is 0.481 e. The van der Waals surface area contributed by atoms with Crippen molar-refractivity contribution in [2.75, 3.05) is 26.2 Å². The van der Waals surface area contributed by atoms with Gasteiger partial charge in [-0.1, -0.05) is 17.7 Å². The van der Waals surface area contributed by atoms with Gasteiger partial charge in [-0.2, -0.15) is 0 Å². The molecule has 1 aliphatic heterocycles. The standard InChI is InChI=1S/C17H25ClN2O3.ClH/c1-13(23-16-5-2-4-14(18)12-16)17(21)20-9-6-15(7-10-20)22-11-3-8-19;/h2,4-5,12-13,15H,3,6-11,19H2,1H3;1H. The molecule has 0 aromatic heterocycles. The van der Waals surface area contributed by atoms with Gasteiger partial charge in [-0.15, -0.1) is 12.4 Å². The zero-order valence-corrected chi connectivity index (χ0v) is 15.5. The molecule has 1 unspecified atom stereocenters. The van der Waals surface area contributed by atoms with E-state index in [4.69, 9.17) is 26.8 Å². The Kier molecular flexibility index (Phi) is 9.44. The molecule has 1 aliphatic rings. The number of benzene rings is 1. The molecule has 2 N–H and O–H groups in total. The molecule has 1 saturated heterocycles. The van der Waals surface area contributed by atoms with E-state index in [0.717, 1.165) is 19.3 Å². The number of carbonyl (C=O) groups is 1. The lowest BCUT2D eigenvalue weighted by molar-refractivity contribution is -0.140. The molecule has 0 bridgehead atoms. The molecule has 0 aliphatic carbocycles. The number of carbonyl (C=O) groups excluding carboxylic acids is 1. The number of hydrogen-bond donors (Lipinski definition) is 1. The number of nitrogens with two attached hydrogens (primary N) is 1. The highest BCUT2D eigenvalue weighted by Gasteiger charge is 2.27. The predicted octanol–water partition coefficient (Wildman–Crippen LogP) is 2.89. The average Bonchev–Trinajstić information content (AvgIpc) is 2.55. The van der Waals surface area contributed by atoms with E-state index >= 15 is 0 Å². The molecule has 1 aromatic carbocycles. The third-order valence-electron chi connectivity index (χ3n) is 3.91. The van der Waals surface area contributed by atoms with E-state index in [-0.39, 0.29) is 24.4 Å². The zero-order chi connectivity index (χ0) is 16.7. The van der Waals surface area contributed by atoms with Crippen molar-refractivity contribution in [2.24, 2.45) is 5.73 Å². The van der Waals surface area contributed by atoms with Crippen LogP contribution >= 0.6 is 24.0 Å². The lowest BCUT2D eigenvalue weighted by atomic mass is 10.1. The van der Waals surface area contributed by atoms with Crippen LogP contribution < -0.4 is 10.5 Å². The van der Waals surface area contributed by atoms with Crippen LogP contribution in [0.5, 0.6) is 5.75 Å². The van der Waals surface area contributed by atoms with Crippen LogP contribution in [0.3, 0.4) is 0 Å². The first-order valence-corrected chi connectivity index (χ1v) is 8.50. The number of amides is 1. The highest BCUT2D eigenvalue weighted by Crippen LogP contribution is 2.20. The third kappa shape index (κ3) is 6.48. The van der Waals surface area contributed by atoms with Gasteiger partial charge in [-0.3, -0.25) is 4.79 Å². The van der Waals surface area contributed by atoms with Gasteiger partial charge in [0.25, 0.3) is 5.91 Å². The van der Waals surface area contributed by atoms with Crippen LogP contribution in [0.15, 0.2) is 24.3 Å². The Labute approximate surface area is 154 Å². The lowest BCUT2D eigenvalue weighted by Gasteiger charge is -2.33. The molecule has 1 fully saturated rings. The minimum atomic E-state index is -0.525. The minimum Gasteiger partial charge on any atom is -0.481 e. The summed E-state index contributed by atoms with van der Waals surface area (Å²) in [6.07, 6.45) is 2.31. The van der Waals surface area contributed by atoms with E-state index in [9.17, 15) is 4.79 Å². The van der Waals surface area contributed by atoms with Crippen molar-refractivity contribution in [3.8, 4) is 5.75 Å². The summed E-state index contributed by atoms with van der Waals surface area (Å²) in [4.78, 5) is 14.3. The second-order valence-corrected chi connectivity index (χ2v) is 6.19. The topological polar surface area (TPSA) is 64.8 Å². The molecule has 24 heavy (non-hydrogen) atoms. The number of nitrogens with zero attached hydrogens (tertiary/aromatic N) is 1. The van der Waals surface area contributed by atoms with Crippen LogP contribution in [0.4, 0.5) is 0 Å². The van der Waals surface area contributed by atoms with Gasteiger partial charge in [0.05, 0.1) is 6.10 Å². The molecule has 1 amide bonds. The maximum absolute atomic E-state index is 12.5. The monoisotopic (exact) mass is 376 g/mol. The van der Waals surface area contributed by atoms with Gasteiger partial charge >= 0.3 is 0 Å². The van der Waals surface area contributed by atoms with E-state index in [1.807, 2.05) is 4.90 Å². The summed E-state index contributed by atoms with van der Waals surface area (Å²) in [5, 5.41) is 0.595. The van der Waals surface area contributed by atoms with E-state index in [1.165, 1.54) is 0 Å². The van der Waals surface area contributed by atoms with E-state index in [2.05, 4.69) is 0 Å². The molecular formula is C17H26Cl2N2O3. The first-order chi connectivity index (χ1) is 11.1. The Morgan fingerprint density at radius 2 is 2.12 bits per heavy atom. The molecule has 136 valence electrons. The molecule has 0 radical (unpaired) electrons. The van der Waals surface area contributed by atoms with Gasteiger partial charge in [-0.05, 0) is 50.9 Å². The molecule has 0 saturated carbocycles. The Morgan fingerprint density at radius 1 is 1.42 bits per heavy atom. The summed E-state index contributed by atoms with van der Waals surface area (Å²) in [6.45, 7) is 4.52. The van der Waals surface area contributed by atoms with Crippen molar-refractivity contribution in [1.82, 2.24) is 4.90 Å². The fraction of sp³-hybridized carbons (Fsp3) is 0.588. The van der Waals surface area contributed by atoms with E-state index in [0.29, 0.717) is 37.0 Å². The van der Waals surface area contributed by atoms with Crippen molar-refractivity contribution in [1.29, 1.82) is 0 Å². The summed E-state index contributed by atoms with van der Waals surface area (Å²) >= 11 is 5.93. The van der Waals surface area contributed by atoms with E-state index < -0.39 is 6.10 Å². The SMILES string of the molecule is CC(Oc1cccc(Cl)c1)C(=O)N1CCC(OCCCN)CC1.Cl. The lowest BCUT2D eigenvalue weighted by Crippen LogP contribution is -2.46. The molecule has 7 heteroatoms. The first-order valence-electron chi connectivity index (χ1n) is 8.13. The van der Waals surface area contributed by atoms with E-state index in [1.54, 1.807) is 31.2 Å². The molecule has 1 aromatic rings. The normalized spacial score (nSPS) is 16.4. The first kappa shape index (κ1) is 21.0. The fourth-order valence-electron chi connectivity index (χ4n) is 2.63. The molecule has 5 nitrogen and oxygen atoms in total. The van der Waals surface area contributed by atoms with Gasteiger partial charge in [0, 0.05) is 24.7 Å². The van der Waals surface area contributed by atoms with Crippen LogP contribution in [0.1, 0.15) is 26.2 Å². The number of piperidine rings is 1. The molecule has 0 spiro atoms. The Balaban J connectivity index is 0.00000288. The second-order valence-electron chi connectivity index (χ2n) is 5.76. The van der Waals surface area contributed by atoms with Gasteiger partial charge in [0.2, 0.25) is 0 Å². The fourth-order valence-corrected chi connectivity index (χ4v) is 2.81. The van der Waals surface area contributed by atoms with Crippen molar-refractivity contribution in [3.63, 3.8) is 0 Å². The number of rotatable bonds is 7. The van der Waals surface area contributed by atoms with Crippen molar-refractivity contribution in [3.05, 3.63) is 29.3 Å². The number of halogens is 2.